The molecule has 0 amide bonds. The van der Waals surface area contributed by atoms with E-state index in [-0.39, 0.29) is 6.10 Å². The quantitative estimate of drug-likeness (QED) is 0.648. The van der Waals surface area contributed by atoms with Crippen molar-refractivity contribution in [1.29, 1.82) is 0 Å². The third-order valence-corrected chi connectivity index (χ3v) is 2.47. The minimum atomic E-state index is 0.119. The highest BCUT2D eigenvalue weighted by molar-refractivity contribution is 7.99. The molecule has 1 aliphatic rings. The molecule has 0 spiro atoms. The van der Waals surface area contributed by atoms with Crippen LogP contribution in [0.3, 0.4) is 0 Å². The van der Waals surface area contributed by atoms with Crippen LogP contribution < -0.4 is 0 Å². The van der Waals surface area contributed by atoms with Gasteiger partial charge in [0.15, 0.2) is 0 Å². The molecule has 1 rings (SSSR count). The Morgan fingerprint density at radius 1 is 1.64 bits per heavy atom. The molecule has 1 saturated heterocycles. The third kappa shape index (κ3) is 2.75. The lowest BCUT2D eigenvalue weighted by Gasteiger charge is -2.25. The Kier molecular flexibility index (Phi) is 3.80. The van der Waals surface area contributed by atoms with E-state index in [2.05, 4.69) is 13.5 Å². The second kappa shape index (κ2) is 4.67. The third-order valence-electron chi connectivity index (χ3n) is 1.52. The minimum absolute atomic E-state index is 0.119. The summed E-state index contributed by atoms with van der Waals surface area (Å²) in [6.45, 7) is 7.29. The van der Waals surface area contributed by atoms with Crippen LogP contribution in [0.4, 0.5) is 0 Å². The fraction of sp³-hybridized carbons (Fsp3) is 0.750. The lowest BCUT2D eigenvalue weighted by molar-refractivity contribution is -0.0306. The molecule has 0 aromatic heterocycles. The van der Waals surface area contributed by atoms with Gasteiger partial charge in [-0.25, -0.2) is 0 Å². The van der Waals surface area contributed by atoms with E-state index < -0.39 is 0 Å². The molecule has 11 heavy (non-hydrogen) atoms. The number of thioether (sulfide) groups is 1. The molecule has 0 N–H and O–H groups in total. The van der Waals surface area contributed by atoms with Gasteiger partial charge in [-0.1, -0.05) is 13.5 Å². The van der Waals surface area contributed by atoms with E-state index in [1.807, 2.05) is 11.8 Å². The summed E-state index contributed by atoms with van der Waals surface area (Å²) in [6.07, 6.45) is 0.119. The molecule has 1 fully saturated rings. The van der Waals surface area contributed by atoms with Crippen molar-refractivity contribution in [2.45, 2.75) is 13.0 Å². The molecule has 0 radical (unpaired) electrons. The zero-order chi connectivity index (χ0) is 8.10. The molecule has 1 unspecified atom stereocenters. The first kappa shape index (κ1) is 8.94. The number of hydrogen-bond acceptors (Lipinski definition) is 3. The van der Waals surface area contributed by atoms with E-state index >= 15 is 0 Å². The van der Waals surface area contributed by atoms with Crippen molar-refractivity contribution in [2.24, 2.45) is 0 Å². The van der Waals surface area contributed by atoms with Gasteiger partial charge >= 0.3 is 0 Å². The van der Waals surface area contributed by atoms with Crippen molar-refractivity contribution in [3.63, 3.8) is 0 Å². The zero-order valence-corrected chi connectivity index (χ0v) is 7.65. The smallest absolute Gasteiger partial charge is 0.123 e. The highest BCUT2D eigenvalue weighted by atomic mass is 32.2. The summed E-state index contributed by atoms with van der Waals surface area (Å²) >= 11 is 1.85. The van der Waals surface area contributed by atoms with Crippen LogP contribution >= 0.6 is 11.8 Å². The molecular formula is C8H14O2S. The van der Waals surface area contributed by atoms with E-state index in [0.717, 1.165) is 17.3 Å². The molecule has 1 atom stereocenters. The Morgan fingerprint density at radius 3 is 3.09 bits per heavy atom. The molecule has 0 bridgehead atoms. The molecule has 0 saturated carbocycles. The van der Waals surface area contributed by atoms with Crippen LogP contribution in [-0.2, 0) is 9.47 Å². The van der Waals surface area contributed by atoms with Gasteiger partial charge in [0.25, 0.3) is 0 Å². The Hall–Kier alpha value is -0.150. The van der Waals surface area contributed by atoms with Crippen molar-refractivity contribution < 1.29 is 9.47 Å². The molecule has 1 aliphatic heterocycles. The van der Waals surface area contributed by atoms with E-state index in [4.69, 9.17) is 9.47 Å². The predicted molar refractivity (Wildman–Crippen MR) is 47.8 cm³/mol. The summed E-state index contributed by atoms with van der Waals surface area (Å²) in [6, 6.07) is 0. The summed E-state index contributed by atoms with van der Waals surface area (Å²) in [4.78, 5) is 0. The molecule has 0 aromatic carbocycles. The summed E-state index contributed by atoms with van der Waals surface area (Å²) < 4.78 is 10.7. The predicted octanol–water partition coefficient (Wildman–Crippen LogP) is 1.67. The van der Waals surface area contributed by atoms with Crippen molar-refractivity contribution >= 4 is 11.8 Å². The maximum Gasteiger partial charge on any atom is 0.123 e. The second-order valence-corrected chi connectivity index (χ2v) is 3.65. The molecule has 3 heteroatoms. The average molecular weight is 174 g/mol. The van der Waals surface area contributed by atoms with Gasteiger partial charge in [0.2, 0.25) is 0 Å². The highest BCUT2D eigenvalue weighted by Gasteiger charge is 2.18. The maximum absolute atomic E-state index is 5.45. The number of rotatable bonds is 3. The first-order valence-electron chi connectivity index (χ1n) is 3.85. The van der Waals surface area contributed by atoms with Gasteiger partial charge in [-0.05, 0) is 5.75 Å². The Morgan fingerprint density at radius 2 is 2.45 bits per heavy atom. The first-order valence-corrected chi connectivity index (χ1v) is 5.01. The van der Waals surface area contributed by atoms with Gasteiger partial charge in [0.05, 0.1) is 6.61 Å². The monoisotopic (exact) mass is 174 g/mol. The molecular weight excluding hydrogens is 160 g/mol. The molecule has 64 valence electrons. The van der Waals surface area contributed by atoms with Crippen molar-refractivity contribution in [3.05, 3.63) is 12.3 Å². The normalized spacial score (nSPS) is 24.8. The lowest BCUT2D eigenvalue weighted by atomic mass is 10.3. The molecule has 1 heterocycles. The van der Waals surface area contributed by atoms with Crippen molar-refractivity contribution in [1.82, 2.24) is 0 Å². The van der Waals surface area contributed by atoms with Crippen LogP contribution in [0.15, 0.2) is 12.3 Å². The summed E-state index contributed by atoms with van der Waals surface area (Å²) in [5.41, 5.74) is 0. The molecule has 0 aliphatic carbocycles. The number of hydrogen-bond donors (Lipinski definition) is 0. The van der Waals surface area contributed by atoms with Crippen LogP contribution in [0.5, 0.6) is 0 Å². The fourth-order valence-electron chi connectivity index (χ4n) is 0.915. The van der Waals surface area contributed by atoms with E-state index in [0.29, 0.717) is 13.2 Å². The lowest BCUT2D eigenvalue weighted by Crippen LogP contribution is -2.28. The van der Waals surface area contributed by atoms with Gasteiger partial charge in [0, 0.05) is 5.75 Å². The van der Waals surface area contributed by atoms with Crippen molar-refractivity contribution in [3.8, 4) is 0 Å². The highest BCUT2D eigenvalue weighted by Crippen LogP contribution is 2.16. The Balaban J connectivity index is 2.24. The van der Waals surface area contributed by atoms with Crippen LogP contribution in [0.25, 0.3) is 0 Å². The topological polar surface area (TPSA) is 18.5 Å². The molecule has 0 aromatic rings. The first-order chi connectivity index (χ1) is 5.34. The fourth-order valence-corrected chi connectivity index (χ4v) is 1.65. The van der Waals surface area contributed by atoms with Gasteiger partial charge in [-0.15, -0.1) is 0 Å². The van der Waals surface area contributed by atoms with E-state index in [9.17, 15) is 0 Å². The van der Waals surface area contributed by atoms with Gasteiger partial charge in [-0.3, -0.25) is 0 Å². The van der Waals surface area contributed by atoms with Gasteiger partial charge in [-0.2, -0.15) is 11.8 Å². The summed E-state index contributed by atoms with van der Waals surface area (Å²) in [5, 5.41) is 0. The standard InChI is InChI=1S/C8H14O2S/c1-3-11-6-8-7(2)9-4-5-10-8/h8H,2-6H2,1H3. The second-order valence-electron chi connectivity index (χ2n) is 2.33. The van der Waals surface area contributed by atoms with Crippen LogP contribution in [0.1, 0.15) is 6.92 Å². The Labute approximate surface area is 71.9 Å². The summed E-state index contributed by atoms with van der Waals surface area (Å²) in [5.74, 6) is 2.87. The van der Waals surface area contributed by atoms with Crippen LogP contribution in [0.2, 0.25) is 0 Å². The van der Waals surface area contributed by atoms with E-state index in [1.54, 1.807) is 0 Å². The zero-order valence-electron chi connectivity index (χ0n) is 6.84. The number of ether oxygens (including phenoxy) is 2. The minimum Gasteiger partial charge on any atom is -0.493 e. The van der Waals surface area contributed by atoms with Crippen LogP contribution in [-0.4, -0.2) is 30.8 Å². The maximum atomic E-state index is 5.45. The SMILES string of the molecule is C=C1OCCOC1CSCC. The molecule has 2 nitrogen and oxygen atoms in total. The largest absolute Gasteiger partial charge is 0.493 e. The van der Waals surface area contributed by atoms with Crippen molar-refractivity contribution in [2.75, 3.05) is 24.7 Å². The van der Waals surface area contributed by atoms with Gasteiger partial charge < -0.3 is 9.47 Å². The average Bonchev–Trinajstić information content (AvgIpc) is 2.03. The van der Waals surface area contributed by atoms with Gasteiger partial charge in [0.1, 0.15) is 18.5 Å². The Bertz CT molecular complexity index is 136. The summed E-state index contributed by atoms with van der Waals surface area (Å²) in [7, 11) is 0. The van der Waals surface area contributed by atoms with E-state index in [1.165, 1.54) is 0 Å². The van der Waals surface area contributed by atoms with Crippen LogP contribution in [0, 0.1) is 0 Å².